The van der Waals surface area contributed by atoms with Crippen LogP contribution in [0.2, 0.25) is 0 Å². The Labute approximate surface area is 89.9 Å². The van der Waals surface area contributed by atoms with E-state index in [1.807, 2.05) is 11.6 Å². The van der Waals surface area contributed by atoms with E-state index in [1.54, 1.807) is 11.3 Å². The third kappa shape index (κ3) is 4.17. The van der Waals surface area contributed by atoms with Gasteiger partial charge in [0.15, 0.2) is 0 Å². The lowest BCUT2D eigenvalue weighted by Gasteiger charge is -2.22. The third-order valence-corrected chi connectivity index (χ3v) is 2.68. The van der Waals surface area contributed by atoms with Gasteiger partial charge < -0.3 is 5.73 Å². The van der Waals surface area contributed by atoms with Gasteiger partial charge in [-0.25, -0.2) is 4.98 Å². The van der Waals surface area contributed by atoms with E-state index in [-0.39, 0.29) is 0 Å². The quantitative estimate of drug-likeness (QED) is 0.780. The fourth-order valence-corrected chi connectivity index (χ4v) is 2.11. The molecule has 0 fully saturated rings. The molecule has 0 saturated carbocycles. The first-order valence-electron chi connectivity index (χ1n) is 5.03. The molecule has 1 aromatic rings. The van der Waals surface area contributed by atoms with Gasteiger partial charge in [0.2, 0.25) is 0 Å². The zero-order valence-corrected chi connectivity index (χ0v) is 9.76. The van der Waals surface area contributed by atoms with Crippen molar-refractivity contribution >= 4 is 11.3 Å². The van der Waals surface area contributed by atoms with E-state index >= 15 is 0 Å². The number of hydrogen-bond acceptors (Lipinski definition) is 4. The summed E-state index contributed by atoms with van der Waals surface area (Å²) in [6, 6.07) is 0. The van der Waals surface area contributed by atoms with Crippen molar-refractivity contribution in [1.29, 1.82) is 0 Å². The summed E-state index contributed by atoms with van der Waals surface area (Å²) in [6.07, 6.45) is 1.86. The zero-order valence-electron chi connectivity index (χ0n) is 8.94. The zero-order chi connectivity index (χ0) is 10.4. The number of rotatable bonds is 6. The van der Waals surface area contributed by atoms with Gasteiger partial charge in [-0.2, -0.15) is 0 Å². The molecule has 0 aromatic carbocycles. The first kappa shape index (κ1) is 11.6. The third-order valence-electron chi connectivity index (χ3n) is 1.91. The van der Waals surface area contributed by atoms with Gasteiger partial charge in [0, 0.05) is 31.2 Å². The van der Waals surface area contributed by atoms with Crippen LogP contribution in [-0.4, -0.2) is 29.5 Å². The minimum atomic E-state index is 0.682. The van der Waals surface area contributed by atoms with Crippen LogP contribution in [-0.2, 0) is 6.54 Å². The van der Waals surface area contributed by atoms with Gasteiger partial charge in [-0.15, -0.1) is 11.3 Å². The average Bonchev–Trinajstić information content (AvgIpc) is 2.56. The smallest absolute Gasteiger partial charge is 0.107 e. The van der Waals surface area contributed by atoms with Crippen LogP contribution in [0.3, 0.4) is 0 Å². The van der Waals surface area contributed by atoms with E-state index in [9.17, 15) is 0 Å². The van der Waals surface area contributed by atoms with E-state index in [0.29, 0.717) is 5.92 Å². The number of aromatic nitrogens is 1. The highest BCUT2D eigenvalue weighted by atomic mass is 32.1. The van der Waals surface area contributed by atoms with E-state index in [1.165, 1.54) is 5.01 Å². The van der Waals surface area contributed by atoms with E-state index in [4.69, 9.17) is 5.73 Å². The van der Waals surface area contributed by atoms with Gasteiger partial charge in [-0.05, 0) is 5.92 Å². The van der Waals surface area contributed by atoms with Crippen LogP contribution < -0.4 is 5.73 Å². The Bertz CT molecular complexity index is 234. The Morgan fingerprint density at radius 1 is 1.57 bits per heavy atom. The maximum Gasteiger partial charge on any atom is 0.107 e. The second kappa shape index (κ2) is 6.11. The lowest BCUT2D eigenvalue weighted by Crippen LogP contribution is -2.32. The highest BCUT2D eigenvalue weighted by Crippen LogP contribution is 2.09. The maximum absolute atomic E-state index is 5.58. The fourth-order valence-electron chi connectivity index (χ4n) is 1.46. The Morgan fingerprint density at radius 3 is 2.86 bits per heavy atom. The van der Waals surface area contributed by atoms with Crippen molar-refractivity contribution < 1.29 is 0 Å². The molecule has 0 aliphatic heterocycles. The summed E-state index contributed by atoms with van der Waals surface area (Å²) in [4.78, 5) is 6.65. The highest BCUT2D eigenvalue weighted by Gasteiger charge is 2.08. The lowest BCUT2D eigenvalue weighted by atomic mass is 10.2. The van der Waals surface area contributed by atoms with Crippen LogP contribution in [0.15, 0.2) is 11.6 Å². The van der Waals surface area contributed by atoms with Gasteiger partial charge in [0.25, 0.3) is 0 Å². The molecule has 0 atom stereocenters. The molecule has 0 aliphatic rings. The number of nitrogens with zero attached hydrogens (tertiary/aromatic N) is 2. The summed E-state index contributed by atoms with van der Waals surface area (Å²) in [5.74, 6) is 0.682. The standard InChI is InChI=1S/C10H19N3S/c1-9(2)7-13(5-3-11)8-10-12-4-6-14-10/h4,6,9H,3,5,7-8,11H2,1-2H3. The number of hydrogen-bond donors (Lipinski definition) is 1. The topological polar surface area (TPSA) is 42.1 Å². The molecule has 1 heterocycles. The normalized spacial score (nSPS) is 11.5. The predicted molar refractivity (Wildman–Crippen MR) is 61.3 cm³/mol. The van der Waals surface area contributed by atoms with Crippen LogP contribution in [0.25, 0.3) is 0 Å². The largest absolute Gasteiger partial charge is 0.329 e. The molecule has 0 radical (unpaired) electrons. The molecular formula is C10H19N3S. The summed E-state index contributed by atoms with van der Waals surface area (Å²) in [7, 11) is 0. The summed E-state index contributed by atoms with van der Waals surface area (Å²) in [5, 5.41) is 3.20. The molecule has 0 amide bonds. The molecule has 4 heteroatoms. The van der Waals surface area contributed by atoms with E-state index in [2.05, 4.69) is 23.7 Å². The van der Waals surface area contributed by atoms with Crippen molar-refractivity contribution in [2.24, 2.45) is 11.7 Å². The minimum Gasteiger partial charge on any atom is -0.329 e. The highest BCUT2D eigenvalue weighted by molar-refractivity contribution is 7.09. The summed E-state index contributed by atoms with van der Waals surface area (Å²) in [5.41, 5.74) is 5.58. The van der Waals surface area contributed by atoms with Crippen molar-refractivity contribution in [3.63, 3.8) is 0 Å². The second-order valence-electron chi connectivity index (χ2n) is 3.84. The van der Waals surface area contributed by atoms with Crippen molar-refractivity contribution in [2.45, 2.75) is 20.4 Å². The van der Waals surface area contributed by atoms with Gasteiger partial charge in [-0.3, -0.25) is 4.90 Å². The predicted octanol–water partition coefficient (Wildman–Crippen LogP) is 1.56. The molecule has 0 spiro atoms. The van der Waals surface area contributed by atoms with Gasteiger partial charge in [0.1, 0.15) is 5.01 Å². The van der Waals surface area contributed by atoms with E-state index < -0.39 is 0 Å². The molecule has 0 saturated heterocycles. The molecule has 14 heavy (non-hydrogen) atoms. The first-order chi connectivity index (χ1) is 6.72. The Kier molecular flexibility index (Phi) is 5.07. The van der Waals surface area contributed by atoms with Crippen molar-refractivity contribution in [1.82, 2.24) is 9.88 Å². The van der Waals surface area contributed by atoms with Crippen LogP contribution in [0.4, 0.5) is 0 Å². The SMILES string of the molecule is CC(C)CN(CCN)Cc1nccs1. The molecule has 80 valence electrons. The first-order valence-corrected chi connectivity index (χ1v) is 5.91. The molecule has 1 aromatic heterocycles. The lowest BCUT2D eigenvalue weighted by molar-refractivity contribution is 0.242. The number of nitrogens with two attached hydrogens (primary N) is 1. The molecular weight excluding hydrogens is 194 g/mol. The van der Waals surface area contributed by atoms with Crippen LogP contribution in [0, 0.1) is 5.92 Å². The Morgan fingerprint density at radius 2 is 2.36 bits per heavy atom. The molecule has 0 aliphatic carbocycles. The van der Waals surface area contributed by atoms with Crippen LogP contribution >= 0.6 is 11.3 Å². The van der Waals surface area contributed by atoms with Crippen LogP contribution in [0.1, 0.15) is 18.9 Å². The average molecular weight is 213 g/mol. The van der Waals surface area contributed by atoms with Gasteiger partial charge in [-0.1, -0.05) is 13.8 Å². The minimum absolute atomic E-state index is 0.682. The molecule has 0 unspecified atom stereocenters. The summed E-state index contributed by atoms with van der Waals surface area (Å²) >= 11 is 1.71. The van der Waals surface area contributed by atoms with Gasteiger partial charge in [0.05, 0.1) is 6.54 Å². The molecule has 3 nitrogen and oxygen atoms in total. The summed E-state index contributed by atoms with van der Waals surface area (Å²) < 4.78 is 0. The summed E-state index contributed by atoms with van der Waals surface area (Å²) in [6.45, 7) is 8.16. The van der Waals surface area contributed by atoms with Crippen molar-refractivity contribution in [3.8, 4) is 0 Å². The molecule has 1 rings (SSSR count). The van der Waals surface area contributed by atoms with E-state index in [0.717, 1.165) is 26.2 Å². The monoisotopic (exact) mass is 213 g/mol. The van der Waals surface area contributed by atoms with Gasteiger partial charge >= 0.3 is 0 Å². The second-order valence-corrected chi connectivity index (χ2v) is 4.82. The molecule has 2 N–H and O–H groups in total. The Balaban J connectivity index is 2.42. The van der Waals surface area contributed by atoms with Crippen LogP contribution in [0.5, 0.6) is 0 Å². The Hall–Kier alpha value is -0.450. The van der Waals surface area contributed by atoms with Crippen molar-refractivity contribution in [2.75, 3.05) is 19.6 Å². The number of thiazole rings is 1. The van der Waals surface area contributed by atoms with Crippen molar-refractivity contribution in [3.05, 3.63) is 16.6 Å². The fraction of sp³-hybridized carbons (Fsp3) is 0.700. The molecule has 0 bridgehead atoms. The maximum atomic E-state index is 5.58.